The molecule has 1 heterocycles. The molecule has 3 N–H and O–H groups in total. The number of amides is 2. The molecule has 0 atom stereocenters. The summed E-state index contributed by atoms with van der Waals surface area (Å²) in [7, 11) is 0. The number of aromatic nitrogens is 2. The number of hydrogen-bond acceptors (Lipinski definition) is 4. The van der Waals surface area contributed by atoms with Gasteiger partial charge in [0.2, 0.25) is 0 Å². The third kappa shape index (κ3) is 5.70. The fraction of sp³-hybridized carbons (Fsp3) is 0.261. The number of nitrogens with one attached hydrogen (secondary N) is 3. The number of fused-ring (bicyclic) bond motifs is 1. The predicted molar refractivity (Wildman–Crippen MR) is 117 cm³/mol. The lowest BCUT2D eigenvalue weighted by molar-refractivity contribution is 0.0953. The smallest absolute Gasteiger partial charge is 0.412 e. The number of aromatic amines is 1. The molecule has 156 valence electrons. The molecule has 0 unspecified atom stereocenters. The van der Waals surface area contributed by atoms with Crippen LogP contribution in [0.15, 0.2) is 60.9 Å². The van der Waals surface area contributed by atoms with E-state index in [1.165, 1.54) is 0 Å². The molecule has 0 fully saturated rings. The first-order chi connectivity index (χ1) is 14.5. The zero-order valence-electron chi connectivity index (χ0n) is 17.0. The molecule has 0 saturated heterocycles. The van der Waals surface area contributed by atoms with Gasteiger partial charge in [-0.05, 0) is 44.4 Å². The molecule has 0 radical (unpaired) electrons. The van der Waals surface area contributed by atoms with Crippen molar-refractivity contribution in [1.82, 2.24) is 20.8 Å². The van der Waals surface area contributed by atoms with Crippen molar-refractivity contribution in [3.05, 3.63) is 66.4 Å². The van der Waals surface area contributed by atoms with Crippen LogP contribution in [0.4, 0.5) is 4.79 Å². The summed E-state index contributed by atoms with van der Waals surface area (Å²) in [4.78, 5) is 23.6. The van der Waals surface area contributed by atoms with Crippen LogP contribution in [0.5, 0.6) is 0 Å². The fourth-order valence-electron chi connectivity index (χ4n) is 3.08. The molecule has 3 aromatic rings. The van der Waals surface area contributed by atoms with Crippen molar-refractivity contribution < 1.29 is 14.3 Å². The number of unbranched alkanes of at least 4 members (excludes halogenated alkanes) is 2. The molecule has 2 amide bonds. The Labute approximate surface area is 175 Å². The van der Waals surface area contributed by atoms with E-state index in [1.54, 1.807) is 6.92 Å². The maximum Gasteiger partial charge on any atom is 0.412 e. The van der Waals surface area contributed by atoms with E-state index in [1.807, 2.05) is 48.5 Å². The molecule has 0 aliphatic rings. The number of carbonyl (C=O) groups is 2. The molecule has 0 bridgehead atoms. The summed E-state index contributed by atoms with van der Waals surface area (Å²) in [5.41, 5.74) is 3.43. The van der Waals surface area contributed by atoms with Gasteiger partial charge in [0.05, 0.1) is 17.0 Å². The third-order valence-electron chi connectivity index (χ3n) is 4.57. The molecular weight excluding hydrogens is 380 g/mol. The van der Waals surface area contributed by atoms with Crippen LogP contribution in [0.1, 0.15) is 36.5 Å². The Morgan fingerprint density at radius 3 is 2.43 bits per heavy atom. The van der Waals surface area contributed by atoms with Crippen LogP contribution < -0.4 is 10.6 Å². The van der Waals surface area contributed by atoms with Crippen LogP contribution >= 0.6 is 0 Å². The summed E-state index contributed by atoms with van der Waals surface area (Å²) in [5, 5.41) is 14.0. The topological polar surface area (TPSA) is 96.1 Å². The van der Waals surface area contributed by atoms with E-state index in [0.717, 1.165) is 41.4 Å². The molecule has 0 spiro atoms. The second-order valence-electron chi connectivity index (χ2n) is 7.03. The van der Waals surface area contributed by atoms with Crippen LogP contribution in [-0.4, -0.2) is 35.3 Å². The quantitative estimate of drug-likeness (QED) is 0.363. The summed E-state index contributed by atoms with van der Waals surface area (Å²) in [6.45, 7) is 6.24. The first-order valence-electron chi connectivity index (χ1n) is 9.97. The third-order valence-corrected chi connectivity index (χ3v) is 4.57. The maximum atomic E-state index is 12.3. The maximum absolute atomic E-state index is 12.3. The minimum absolute atomic E-state index is 0.100. The highest BCUT2D eigenvalue weighted by Crippen LogP contribution is 2.26. The molecule has 7 nitrogen and oxygen atoms in total. The lowest BCUT2D eigenvalue weighted by Crippen LogP contribution is -2.26. The second kappa shape index (κ2) is 10.2. The van der Waals surface area contributed by atoms with E-state index in [0.29, 0.717) is 24.4 Å². The van der Waals surface area contributed by atoms with Crippen molar-refractivity contribution >= 4 is 22.9 Å². The predicted octanol–water partition coefficient (Wildman–Crippen LogP) is 4.39. The first kappa shape index (κ1) is 21.1. The van der Waals surface area contributed by atoms with E-state index in [4.69, 9.17) is 4.74 Å². The standard InChI is InChI=1S/C23H26N4O3/c1-16(2)30-23(29)25-15-7-3-6-14-24-22(28)18-12-10-17(11-13-18)21-19-8-4-5-9-20(19)26-27-21/h4-5,8-13H,1,3,6-7,14-15H2,2H3,(H,24,28)(H,25,29)(H,26,27). The van der Waals surface area contributed by atoms with Gasteiger partial charge in [-0.15, -0.1) is 0 Å². The Morgan fingerprint density at radius 1 is 1.00 bits per heavy atom. The summed E-state index contributed by atoms with van der Waals surface area (Å²) in [6, 6.07) is 15.4. The summed E-state index contributed by atoms with van der Waals surface area (Å²) in [6.07, 6.45) is 2.05. The van der Waals surface area contributed by atoms with Gasteiger partial charge in [0.1, 0.15) is 0 Å². The average Bonchev–Trinajstić information content (AvgIpc) is 3.16. The number of rotatable bonds is 9. The van der Waals surface area contributed by atoms with Gasteiger partial charge in [0.25, 0.3) is 5.91 Å². The summed E-state index contributed by atoms with van der Waals surface area (Å²) in [5.74, 6) is 0.262. The molecule has 3 rings (SSSR count). The van der Waals surface area contributed by atoms with Crippen LogP contribution in [-0.2, 0) is 4.74 Å². The number of H-pyrrole nitrogens is 1. The van der Waals surface area contributed by atoms with Crippen LogP contribution in [0.3, 0.4) is 0 Å². The summed E-state index contributed by atoms with van der Waals surface area (Å²) >= 11 is 0. The van der Waals surface area contributed by atoms with Crippen molar-refractivity contribution in [3.8, 4) is 11.3 Å². The van der Waals surface area contributed by atoms with Gasteiger partial charge < -0.3 is 15.4 Å². The van der Waals surface area contributed by atoms with E-state index in [-0.39, 0.29) is 5.91 Å². The van der Waals surface area contributed by atoms with E-state index >= 15 is 0 Å². The van der Waals surface area contributed by atoms with Crippen LogP contribution in [0, 0.1) is 0 Å². The van der Waals surface area contributed by atoms with E-state index in [9.17, 15) is 9.59 Å². The molecule has 0 saturated carbocycles. The lowest BCUT2D eigenvalue weighted by Gasteiger charge is -2.07. The molecule has 30 heavy (non-hydrogen) atoms. The number of benzene rings is 2. The Hall–Kier alpha value is -3.61. The lowest BCUT2D eigenvalue weighted by atomic mass is 10.1. The van der Waals surface area contributed by atoms with Crippen molar-refractivity contribution in [2.45, 2.75) is 26.2 Å². The zero-order chi connectivity index (χ0) is 21.3. The first-order valence-corrected chi connectivity index (χ1v) is 9.97. The Balaban J connectivity index is 1.40. The number of nitrogens with zero attached hydrogens (tertiary/aromatic N) is 1. The van der Waals surface area contributed by atoms with Gasteiger partial charge in [-0.3, -0.25) is 9.89 Å². The molecule has 2 aromatic carbocycles. The van der Waals surface area contributed by atoms with Crippen molar-refractivity contribution in [2.24, 2.45) is 0 Å². The van der Waals surface area contributed by atoms with Gasteiger partial charge in [-0.1, -0.05) is 36.9 Å². The van der Waals surface area contributed by atoms with E-state index < -0.39 is 6.09 Å². The molecule has 7 heteroatoms. The van der Waals surface area contributed by atoms with Gasteiger partial charge in [-0.25, -0.2) is 4.79 Å². The monoisotopic (exact) mass is 406 g/mol. The minimum Gasteiger partial charge on any atom is -0.416 e. The van der Waals surface area contributed by atoms with Crippen molar-refractivity contribution in [2.75, 3.05) is 13.1 Å². The zero-order valence-corrected chi connectivity index (χ0v) is 17.0. The largest absolute Gasteiger partial charge is 0.416 e. The number of para-hydroxylation sites is 1. The minimum atomic E-state index is -0.484. The van der Waals surface area contributed by atoms with Crippen LogP contribution in [0.25, 0.3) is 22.2 Å². The Bertz CT molecular complexity index is 1020. The number of alkyl carbamates (subject to hydrolysis) is 1. The molecule has 0 aliphatic carbocycles. The van der Waals surface area contributed by atoms with Crippen molar-refractivity contribution in [1.29, 1.82) is 0 Å². The average molecular weight is 406 g/mol. The number of ether oxygens (including phenoxy) is 1. The van der Waals surface area contributed by atoms with Gasteiger partial charge in [-0.2, -0.15) is 5.10 Å². The number of allylic oxidation sites excluding steroid dienone is 1. The normalized spacial score (nSPS) is 10.6. The molecule has 1 aromatic heterocycles. The highest BCUT2D eigenvalue weighted by Gasteiger charge is 2.09. The van der Waals surface area contributed by atoms with Gasteiger partial charge >= 0.3 is 6.09 Å². The summed E-state index contributed by atoms with van der Waals surface area (Å²) < 4.78 is 4.80. The fourth-order valence-corrected chi connectivity index (χ4v) is 3.08. The molecular formula is C23H26N4O3. The Morgan fingerprint density at radius 2 is 1.70 bits per heavy atom. The number of hydrogen-bond donors (Lipinski definition) is 3. The van der Waals surface area contributed by atoms with Gasteiger partial charge in [0.15, 0.2) is 0 Å². The highest BCUT2D eigenvalue weighted by molar-refractivity contribution is 5.96. The van der Waals surface area contributed by atoms with E-state index in [2.05, 4.69) is 27.4 Å². The van der Waals surface area contributed by atoms with Crippen molar-refractivity contribution in [3.63, 3.8) is 0 Å². The highest BCUT2D eigenvalue weighted by atomic mass is 16.6. The SMILES string of the molecule is C=C(C)OC(=O)NCCCCCNC(=O)c1ccc(-c2n[nH]c3ccccc23)cc1. The Kier molecular flexibility index (Phi) is 7.21. The molecule has 0 aliphatic heterocycles. The second-order valence-corrected chi connectivity index (χ2v) is 7.03. The number of carbonyl (C=O) groups excluding carboxylic acids is 2. The van der Waals surface area contributed by atoms with Crippen LogP contribution in [0.2, 0.25) is 0 Å². The van der Waals surface area contributed by atoms with Gasteiger partial charge in [0, 0.05) is 29.6 Å².